The predicted octanol–water partition coefficient (Wildman–Crippen LogP) is 6.74. The fourth-order valence-corrected chi connectivity index (χ4v) is 6.38. The quantitative estimate of drug-likeness (QED) is 0.229. The van der Waals surface area contributed by atoms with E-state index in [2.05, 4.69) is 34.4 Å². The highest BCUT2D eigenvalue weighted by atomic mass is 32.2. The summed E-state index contributed by atoms with van der Waals surface area (Å²) in [7, 11) is -4.23. The summed E-state index contributed by atoms with van der Waals surface area (Å²) in [5, 5.41) is 1.28. The Balaban J connectivity index is 1.37. The van der Waals surface area contributed by atoms with E-state index in [1.165, 1.54) is 23.5 Å². The molecule has 0 saturated carbocycles. The van der Waals surface area contributed by atoms with Crippen LogP contribution in [0.2, 0.25) is 0 Å². The molecule has 6 nitrogen and oxygen atoms in total. The van der Waals surface area contributed by atoms with E-state index < -0.39 is 15.1 Å². The third-order valence-electron chi connectivity index (χ3n) is 6.24. The van der Waals surface area contributed by atoms with Gasteiger partial charge in [0.25, 0.3) is 5.12 Å². The van der Waals surface area contributed by atoms with Crippen LogP contribution in [-0.4, -0.2) is 23.1 Å². The highest BCUT2D eigenvalue weighted by Crippen LogP contribution is 2.34. The molecule has 2 heterocycles. The summed E-state index contributed by atoms with van der Waals surface area (Å²) in [6.07, 6.45) is 3.14. The number of hydrogen-bond donors (Lipinski definition) is 1. The summed E-state index contributed by atoms with van der Waals surface area (Å²) in [5.41, 5.74) is 4.99. The number of imidazole rings is 1. The van der Waals surface area contributed by atoms with Gasteiger partial charge < -0.3 is 4.57 Å². The zero-order valence-corrected chi connectivity index (χ0v) is 22.1. The molecule has 3 aromatic carbocycles. The molecule has 37 heavy (non-hydrogen) atoms. The molecule has 0 spiro atoms. The molecule has 0 saturated heterocycles. The number of thiophene rings is 1. The van der Waals surface area contributed by atoms with Crippen molar-refractivity contribution in [3.05, 3.63) is 107 Å². The van der Waals surface area contributed by atoms with E-state index in [4.69, 9.17) is 4.98 Å². The number of nitrogens with one attached hydrogen (secondary N) is 1. The van der Waals surface area contributed by atoms with Crippen LogP contribution in [0.5, 0.6) is 0 Å². The average Bonchev–Trinajstić information content (AvgIpc) is 3.52. The van der Waals surface area contributed by atoms with Gasteiger partial charge in [-0.1, -0.05) is 80.1 Å². The number of carbonyl (C=O) groups excluding carboxylic acids is 1. The minimum atomic E-state index is -4.23. The summed E-state index contributed by atoms with van der Waals surface area (Å²) in [6, 6.07) is 26.1. The van der Waals surface area contributed by atoms with Gasteiger partial charge in [-0.25, -0.2) is 4.98 Å². The van der Waals surface area contributed by atoms with Gasteiger partial charge in [0.15, 0.2) is 0 Å². The molecule has 0 amide bonds. The maximum Gasteiger partial charge on any atom is 0.301 e. The monoisotopic (exact) mass is 529 g/mol. The number of para-hydroxylation sites is 2. The zero-order valence-electron chi connectivity index (χ0n) is 20.4. The lowest BCUT2D eigenvalue weighted by atomic mass is 10.1. The SMILES string of the molecule is CCCCc1nc2ccccc2n1Cc1ccc(-c2ccsc2NS(=O)(=O)C(=O)c2ccccc2)cc1. The standard InChI is InChI=1S/C29H27N3O3S2/c1-2-3-13-27-30-25-11-7-8-12-26(25)32(27)20-21-14-16-22(17-15-21)24-18-19-36-28(24)31-37(34,35)29(33)23-9-5-4-6-10-23/h4-12,14-19,31H,2-3,13,20H2,1H3. The Morgan fingerprint density at radius 3 is 2.43 bits per heavy atom. The first kappa shape index (κ1) is 24.9. The van der Waals surface area contributed by atoms with E-state index in [-0.39, 0.29) is 5.56 Å². The second kappa shape index (κ2) is 10.7. The second-order valence-corrected chi connectivity index (χ2v) is 11.3. The van der Waals surface area contributed by atoms with Gasteiger partial charge in [0.1, 0.15) is 10.8 Å². The zero-order chi connectivity index (χ0) is 25.8. The van der Waals surface area contributed by atoms with Crippen molar-refractivity contribution in [3.8, 4) is 11.1 Å². The van der Waals surface area contributed by atoms with E-state index in [1.54, 1.807) is 18.2 Å². The Morgan fingerprint density at radius 1 is 0.946 bits per heavy atom. The van der Waals surface area contributed by atoms with E-state index in [0.717, 1.165) is 52.8 Å². The van der Waals surface area contributed by atoms with Crippen LogP contribution in [0, 0.1) is 0 Å². The minimum absolute atomic E-state index is 0.128. The largest absolute Gasteiger partial charge is 0.323 e. The van der Waals surface area contributed by atoms with Crippen LogP contribution in [0.15, 0.2) is 90.3 Å². The molecular formula is C29H27N3O3S2. The normalized spacial score (nSPS) is 11.6. The summed E-state index contributed by atoms with van der Waals surface area (Å²) in [5.74, 6) is 1.09. The van der Waals surface area contributed by atoms with Gasteiger partial charge in [0.05, 0.1) is 11.0 Å². The fourth-order valence-electron chi connectivity index (χ4n) is 4.31. The van der Waals surface area contributed by atoms with E-state index in [0.29, 0.717) is 11.5 Å². The number of sulfonamides is 1. The highest BCUT2D eigenvalue weighted by molar-refractivity contribution is 8.07. The molecule has 1 N–H and O–H groups in total. The number of nitrogens with zero attached hydrogens (tertiary/aromatic N) is 2. The Hall–Kier alpha value is -3.75. The van der Waals surface area contributed by atoms with Crippen LogP contribution in [0.25, 0.3) is 22.2 Å². The molecule has 0 fully saturated rings. The lowest BCUT2D eigenvalue weighted by molar-refractivity contribution is 0.107. The molecule has 2 aromatic heterocycles. The van der Waals surface area contributed by atoms with Gasteiger partial charge in [-0.05, 0) is 41.1 Å². The summed E-state index contributed by atoms with van der Waals surface area (Å²) >= 11 is 1.25. The third-order valence-corrected chi connectivity index (χ3v) is 8.39. The van der Waals surface area contributed by atoms with Crippen LogP contribution >= 0.6 is 11.3 Å². The predicted molar refractivity (Wildman–Crippen MR) is 151 cm³/mol. The maximum absolute atomic E-state index is 12.8. The van der Waals surface area contributed by atoms with Crippen LogP contribution in [0.1, 0.15) is 41.5 Å². The number of aromatic nitrogens is 2. The first-order chi connectivity index (χ1) is 18.0. The molecule has 0 unspecified atom stereocenters. The molecule has 0 aliphatic heterocycles. The van der Waals surface area contributed by atoms with Gasteiger partial charge in [0.2, 0.25) is 0 Å². The lowest BCUT2D eigenvalue weighted by Gasteiger charge is -2.11. The van der Waals surface area contributed by atoms with Crippen molar-refractivity contribution in [1.82, 2.24) is 9.55 Å². The van der Waals surface area contributed by atoms with E-state index in [9.17, 15) is 13.2 Å². The van der Waals surface area contributed by atoms with Crippen molar-refractivity contribution < 1.29 is 13.2 Å². The number of fused-ring (bicyclic) bond motifs is 1. The molecule has 0 aliphatic carbocycles. The molecule has 5 rings (SSSR count). The van der Waals surface area contributed by atoms with Crippen molar-refractivity contribution in [1.29, 1.82) is 0 Å². The van der Waals surface area contributed by atoms with Crippen LogP contribution in [-0.2, 0) is 23.0 Å². The first-order valence-electron chi connectivity index (χ1n) is 12.2. The van der Waals surface area contributed by atoms with Crippen molar-refractivity contribution in [2.75, 3.05) is 4.72 Å². The Labute approximate surface area is 220 Å². The van der Waals surface area contributed by atoms with Crippen LogP contribution in [0.4, 0.5) is 5.00 Å². The Morgan fingerprint density at radius 2 is 1.68 bits per heavy atom. The number of hydrogen-bond acceptors (Lipinski definition) is 5. The Bertz CT molecular complexity index is 1640. The second-order valence-electron chi connectivity index (χ2n) is 8.83. The van der Waals surface area contributed by atoms with Crippen molar-refractivity contribution in [2.45, 2.75) is 32.7 Å². The minimum Gasteiger partial charge on any atom is -0.323 e. The number of unbranched alkanes of at least 4 members (excludes halogenated alkanes) is 1. The number of rotatable bonds is 9. The summed E-state index contributed by atoms with van der Waals surface area (Å²) in [6.45, 7) is 2.89. The Kier molecular flexibility index (Phi) is 7.21. The molecule has 0 radical (unpaired) electrons. The first-order valence-corrected chi connectivity index (χ1v) is 14.6. The lowest BCUT2D eigenvalue weighted by Crippen LogP contribution is -2.22. The van der Waals surface area contributed by atoms with Gasteiger partial charge in [-0.2, -0.15) is 8.42 Å². The molecule has 8 heteroatoms. The van der Waals surface area contributed by atoms with E-state index >= 15 is 0 Å². The van der Waals surface area contributed by atoms with Gasteiger partial charge >= 0.3 is 10.0 Å². The number of carbonyl (C=O) groups is 1. The van der Waals surface area contributed by atoms with E-state index in [1.807, 2.05) is 41.8 Å². The third kappa shape index (κ3) is 5.35. The van der Waals surface area contributed by atoms with Crippen molar-refractivity contribution >= 4 is 42.5 Å². The van der Waals surface area contributed by atoms with Gasteiger partial charge in [-0.3, -0.25) is 9.52 Å². The molecule has 0 aliphatic rings. The van der Waals surface area contributed by atoms with Crippen molar-refractivity contribution in [2.24, 2.45) is 0 Å². The molecule has 188 valence electrons. The maximum atomic E-state index is 12.8. The summed E-state index contributed by atoms with van der Waals surface area (Å²) in [4.78, 5) is 17.4. The topological polar surface area (TPSA) is 81.1 Å². The number of anilines is 1. The number of aryl methyl sites for hydroxylation is 1. The fraction of sp³-hybridized carbons (Fsp3) is 0.172. The number of benzene rings is 3. The molecule has 0 atom stereocenters. The van der Waals surface area contributed by atoms with Crippen LogP contribution < -0.4 is 4.72 Å². The smallest absolute Gasteiger partial charge is 0.301 e. The van der Waals surface area contributed by atoms with Crippen molar-refractivity contribution in [3.63, 3.8) is 0 Å². The molecule has 5 aromatic rings. The van der Waals surface area contributed by atoms with Crippen LogP contribution in [0.3, 0.4) is 0 Å². The van der Waals surface area contributed by atoms with Gasteiger partial charge in [0, 0.05) is 24.1 Å². The average molecular weight is 530 g/mol. The molecule has 0 bridgehead atoms. The highest BCUT2D eigenvalue weighted by Gasteiger charge is 2.25. The summed E-state index contributed by atoms with van der Waals surface area (Å²) < 4.78 is 30.3. The van der Waals surface area contributed by atoms with Gasteiger partial charge in [-0.15, -0.1) is 11.3 Å². The molecular weight excluding hydrogens is 502 g/mol.